The predicted molar refractivity (Wildman–Crippen MR) is 126 cm³/mol. The number of aldehydes is 1. The molecule has 3 atom stereocenters. The van der Waals surface area contributed by atoms with Gasteiger partial charge in [-0.05, 0) is 42.3 Å². The van der Waals surface area contributed by atoms with E-state index >= 15 is 0 Å². The Kier molecular flexibility index (Phi) is 7.99. The summed E-state index contributed by atoms with van der Waals surface area (Å²) < 4.78 is 28.2. The van der Waals surface area contributed by atoms with Crippen LogP contribution in [0.2, 0.25) is 0 Å². The molecule has 0 heterocycles. The fourth-order valence-corrected chi connectivity index (χ4v) is 4.29. The number of esters is 1. The van der Waals surface area contributed by atoms with Crippen LogP contribution in [0.4, 0.5) is 0 Å². The summed E-state index contributed by atoms with van der Waals surface area (Å²) >= 11 is 0. The second-order valence-electron chi connectivity index (χ2n) is 7.97. The monoisotopic (exact) mass is 466 g/mol. The molecule has 3 rings (SSSR count). The van der Waals surface area contributed by atoms with Gasteiger partial charge in [0.1, 0.15) is 40.8 Å². The molecule has 2 aromatic carbocycles. The second kappa shape index (κ2) is 10.9. The van der Waals surface area contributed by atoms with Gasteiger partial charge < -0.3 is 28.5 Å². The topological polar surface area (TPSA) is 80.3 Å². The van der Waals surface area contributed by atoms with Crippen LogP contribution in [0.15, 0.2) is 72.2 Å². The fourth-order valence-electron chi connectivity index (χ4n) is 4.29. The van der Waals surface area contributed by atoms with Crippen molar-refractivity contribution in [2.24, 2.45) is 11.3 Å². The van der Waals surface area contributed by atoms with Gasteiger partial charge in [-0.1, -0.05) is 30.3 Å². The molecule has 0 spiro atoms. The Hall–Kier alpha value is -3.74. The van der Waals surface area contributed by atoms with Gasteiger partial charge in [0.2, 0.25) is 0 Å². The standard InChI is InChI=1S/C27H30O7/c1-18(29)34-26(21-13-20(30-2)11-12-23(21)31-3)22-14-25(33-5)27(17-28,16-24(22)32-4)15-19-9-7-6-8-10-19/h6-14,16-17,22,26H,15H2,1-5H3/t22-,26+,27+/m1/s1. The smallest absolute Gasteiger partial charge is 0.303 e. The second-order valence-corrected chi connectivity index (χ2v) is 7.97. The zero-order chi connectivity index (χ0) is 24.7. The third-order valence-corrected chi connectivity index (χ3v) is 5.89. The Morgan fingerprint density at radius 3 is 2.29 bits per heavy atom. The highest BCUT2D eigenvalue weighted by Gasteiger charge is 2.43. The molecule has 2 aromatic rings. The van der Waals surface area contributed by atoms with Gasteiger partial charge in [-0.15, -0.1) is 0 Å². The number of methoxy groups -OCH3 is 4. The summed E-state index contributed by atoms with van der Waals surface area (Å²) in [5.41, 5.74) is 0.490. The molecule has 7 nitrogen and oxygen atoms in total. The maximum Gasteiger partial charge on any atom is 0.303 e. The molecule has 0 aromatic heterocycles. The molecule has 0 saturated carbocycles. The van der Waals surface area contributed by atoms with Gasteiger partial charge in [0.05, 0.1) is 34.4 Å². The van der Waals surface area contributed by atoms with Gasteiger partial charge in [0, 0.05) is 12.5 Å². The maximum absolute atomic E-state index is 12.5. The number of hydrogen-bond donors (Lipinski definition) is 0. The lowest BCUT2D eigenvalue weighted by Crippen LogP contribution is -2.34. The van der Waals surface area contributed by atoms with Crippen LogP contribution in [0.3, 0.4) is 0 Å². The van der Waals surface area contributed by atoms with E-state index in [1.807, 2.05) is 30.3 Å². The molecule has 0 fully saturated rings. The van der Waals surface area contributed by atoms with Crippen LogP contribution in [-0.4, -0.2) is 40.7 Å². The number of ether oxygens (including phenoxy) is 5. The van der Waals surface area contributed by atoms with Crippen molar-refractivity contribution in [2.75, 3.05) is 28.4 Å². The van der Waals surface area contributed by atoms with Crippen molar-refractivity contribution in [2.45, 2.75) is 19.4 Å². The van der Waals surface area contributed by atoms with E-state index in [1.165, 1.54) is 28.3 Å². The van der Waals surface area contributed by atoms with E-state index in [-0.39, 0.29) is 0 Å². The van der Waals surface area contributed by atoms with Crippen molar-refractivity contribution in [1.82, 2.24) is 0 Å². The first-order valence-corrected chi connectivity index (χ1v) is 10.8. The minimum absolute atomic E-state index is 0.386. The van der Waals surface area contributed by atoms with E-state index in [9.17, 15) is 9.59 Å². The van der Waals surface area contributed by atoms with Crippen molar-refractivity contribution in [1.29, 1.82) is 0 Å². The molecule has 0 radical (unpaired) electrons. The van der Waals surface area contributed by atoms with E-state index in [0.717, 1.165) is 11.8 Å². The summed E-state index contributed by atoms with van der Waals surface area (Å²) in [5, 5.41) is 0. The molecular weight excluding hydrogens is 436 g/mol. The molecule has 34 heavy (non-hydrogen) atoms. The minimum atomic E-state index is -1.07. The lowest BCUT2D eigenvalue weighted by atomic mass is 9.74. The third kappa shape index (κ3) is 5.09. The van der Waals surface area contributed by atoms with Crippen LogP contribution in [0.25, 0.3) is 0 Å². The summed E-state index contributed by atoms with van der Waals surface area (Å²) in [6.07, 6.45) is 3.96. The summed E-state index contributed by atoms with van der Waals surface area (Å²) in [6, 6.07) is 14.9. The van der Waals surface area contributed by atoms with E-state index in [1.54, 1.807) is 37.5 Å². The van der Waals surface area contributed by atoms with Gasteiger partial charge in [-0.3, -0.25) is 4.79 Å². The zero-order valence-corrected chi connectivity index (χ0v) is 20.1. The summed E-state index contributed by atoms with van der Waals surface area (Å²) in [4.78, 5) is 24.6. The first kappa shape index (κ1) is 24.9. The van der Waals surface area contributed by atoms with Crippen molar-refractivity contribution in [3.63, 3.8) is 0 Å². The Balaban J connectivity index is 2.14. The van der Waals surface area contributed by atoms with Crippen molar-refractivity contribution >= 4 is 12.3 Å². The molecule has 7 heteroatoms. The first-order chi connectivity index (χ1) is 16.4. The third-order valence-electron chi connectivity index (χ3n) is 5.89. The molecule has 1 aliphatic rings. The van der Waals surface area contributed by atoms with Gasteiger partial charge in [0.15, 0.2) is 0 Å². The quantitative estimate of drug-likeness (QED) is 0.379. The predicted octanol–water partition coefficient (Wildman–Crippen LogP) is 4.43. The Bertz CT molecular complexity index is 1070. The molecule has 0 saturated heterocycles. The van der Waals surface area contributed by atoms with E-state index in [2.05, 4.69) is 0 Å². The maximum atomic E-state index is 12.5. The van der Waals surface area contributed by atoms with Gasteiger partial charge >= 0.3 is 5.97 Å². The lowest BCUT2D eigenvalue weighted by Gasteiger charge is -2.36. The summed E-state index contributed by atoms with van der Waals surface area (Å²) in [5.74, 6) is 0.958. The van der Waals surface area contributed by atoms with Crippen LogP contribution < -0.4 is 9.47 Å². The van der Waals surface area contributed by atoms with Crippen molar-refractivity contribution in [3.05, 3.63) is 83.3 Å². The highest BCUT2D eigenvalue weighted by atomic mass is 16.5. The van der Waals surface area contributed by atoms with E-state index < -0.39 is 23.4 Å². The number of hydrogen-bond acceptors (Lipinski definition) is 7. The summed E-state index contributed by atoms with van der Waals surface area (Å²) in [7, 11) is 6.14. The lowest BCUT2D eigenvalue weighted by molar-refractivity contribution is -0.149. The van der Waals surface area contributed by atoms with E-state index in [4.69, 9.17) is 23.7 Å². The average Bonchev–Trinajstić information content (AvgIpc) is 2.87. The molecule has 0 unspecified atom stereocenters. The zero-order valence-electron chi connectivity index (χ0n) is 20.1. The SMILES string of the molecule is COC1=C[C@](C=O)(Cc2ccccc2)C(OC)=C[C@H]1[C@@H](OC(C)=O)c1cc(OC)ccc1OC. The molecule has 0 amide bonds. The van der Waals surface area contributed by atoms with Gasteiger partial charge in [-0.25, -0.2) is 0 Å². The minimum Gasteiger partial charge on any atom is -0.501 e. The molecule has 0 N–H and O–H groups in total. The number of allylic oxidation sites excluding steroid dienone is 1. The van der Waals surface area contributed by atoms with Crippen LogP contribution >= 0.6 is 0 Å². The van der Waals surface area contributed by atoms with E-state index in [0.29, 0.717) is 35.0 Å². The van der Waals surface area contributed by atoms with Crippen molar-refractivity contribution in [3.8, 4) is 11.5 Å². The van der Waals surface area contributed by atoms with Gasteiger partial charge in [0.25, 0.3) is 0 Å². The molecule has 0 bridgehead atoms. The van der Waals surface area contributed by atoms with Crippen LogP contribution in [0, 0.1) is 11.3 Å². The number of rotatable bonds is 10. The van der Waals surface area contributed by atoms with Gasteiger partial charge in [-0.2, -0.15) is 0 Å². The number of carbonyl (C=O) groups is 2. The Morgan fingerprint density at radius 2 is 1.74 bits per heavy atom. The number of benzene rings is 2. The molecule has 1 aliphatic carbocycles. The highest BCUT2D eigenvalue weighted by Crippen LogP contribution is 2.46. The molecular formula is C27H30O7. The normalized spacial score (nSPS) is 20.3. The number of carbonyl (C=O) groups excluding carboxylic acids is 2. The van der Waals surface area contributed by atoms with Crippen molar-refractivity contribution < 1.29 is 33.3 Å². The highest BCUT2D eigenvalue weighted by molar-refractivity contribution is 5.70. The average molecular weight is 467 g/mol. The van der Waals surface area contributed by atoms with Crippen LogP contribution in [0.1, 0.15) is 24.2 Å². The summed E-state index contributed by atoms with van der Waals surface area (Å²) in [6.45, 7) is 1.34. The molecule has 180 valence electrons. The van der Waals surface area contributed by atoms with Crippen LogP contribution in [0.5, 0.6) is 11.5 Å². The first-order valence-electron chi connectivity index (χ1n) is 10.8. The molecule has 0 aliphatic heterocycles. The fraction of sp³-hybridized carbons (Fsp3) is 0.333. The Labute approximate surface area is 199 Å². The Morgan fingerprint density at radius 1 is 1.00 bits per heavy atom. The van der Waals surface area contributed by atoms with Crippen LogP contribution in [-0.2, 0) is 30.2 Å². The largest absolute Gasteiger partial charge is 0.501 e.